The maximum Gasteiger partial charge on any atom is 0.0943 e. The summed E-state index contributed by atoms with van der Waals surface area (Å²) in [6, 6.07) is 8.68. The Morgan fingerprint density at radius 3 is 2.90 bits per heavy atom. The summed E-state index contributed by atoms with van der Waals surface area (Å²) in [5, 5.41) is 11.1. The smallest absolute Gasteiger partial charge is 0.0943 e. The molecule has 2 fully saturated rings. The zero-order valence-electron chi connectivity index (χ0n) is 12.5. The van der Waals surface area contributed by atoms with Crippen molar-refractivity contribution in [1.29, 1.82) is 0 Å². The van der Waals surface area contributed by atoms with Gasteiger partial charge in [0.1, 0.15) is 0 Å². The topological polar surface area (TPSA) is 29.5 Å². The van der Waals surface area contributed by atoms with E-state index in [1.807, 2.05) is 0 Å². The second kappa shape index (κ2) is 5.87. The third-order valence-corrected chi connectivity index (χ3v) is 5.05. The minimum Gasteiger partial charge on any atom is -0.385 e. The van der Waals surface area contributed by atoms with Crippen LogP contribution in [0, 0.1) is 0 Å². The molecule has 1 saturated heterocycles. The molecule has 2 nitrogen and oxygen atoms in total. The van der Waals surface area contributed by atoms with Crippen LogP contribution >= 0.6 is 0 Å². The lowest BCUT2D eigenvalue weighted by Gasteiger charge is -2.38. The number of hydrogen-bond acceptors (Lipinski definition) is 2. The van der Waals surface area contributed by atoms with E-state index < -0.39 is 5.60 Å². The third-order valence-electron chi connectivity index (χ3n) is 5.05. The van der Waals surface area contributed by atoms with Crippen molar-refractivity contribution in [3.8, 4) is 0 Å². The number of benzene rings is 1. The maximum atomic E-state index is 11.1. The molecule has 2 atom stereocenters. The minimum absolute atomic E-state index is 0.214. The van der Waals surface area contributed by atoms with Gasteiger partial charge in [0.05, 0.1) is 18.3 Å². The molecular formula is C18H26O2. The van der Waals surface area contributed by atoms with Crippen LogP contribution in [-0.2, 0) is 10.3 Å². The number of hydrogen-bond donors (Lipinski definition) is 1. The molecule has 20 heavy (non-hydrogen) atoms. The van der Waals surface area contributed by atoms with E-state index in [4.69, 9.17) is 4.74 Å². The number of aliphatic hydroxyl groups is 1. The van der Waals surface area contributed by atoms with Gasteiger partial charge in [-0.25, -0.2) is 0 Å². The van der Waals surface area contributed by atoms with Gasteiger partial charge in [-0.15, -0.1) is 0 Å². The molecule has 0 amide bonds. The SMILES string of the molecule is CCCC1CC(O)(c2cccc(C3CCC3)c2)CCO1. The van der Waals surface area contributed by atoms with Crippen LogP contribution in [0.25, 0.3) is 0 Å². The van der Waals surface area contributed by atoms with E-state index in [2.05, 4.69) is 31.2 Å². The highest BCUT2D eigenvalue weighted by Crippen LogP contribution is 2.40. The average Bonchev–Trinajstić information content (AvgIpc) is 2.38. The highest BCUT2D eigenvalue weighted by Gasteiger charge is 2.36. The summed E-state index contributed by atoms with van der Waals surface area (Å²) in [6.07, 6.45) is 7.81. The van der Waals surface area contributed by atoms with Crippen LogP contribution < -0.4 is 0 Å². The van der Waals surface area contributed by atoms with E-state index in [1.54, 1.807) is 0 Å². The zero-order chi connectivity index (χ0) is 14.0. The van der Waals surface area contributed by atoms with Gasteiger partial charge in [0.2, 0.25) is 0 Å². The molecule has 0 aromatic heterocycles. The number of ether oxygens (including phenoxy) is 1. The first kappa shape index (κ1) is 14.1. The molecule has 1 aromatic rings. The van der Waals surface area contributed by atoms with Gasteiger partial charge in [0, 0.05) is 12.8 Å². The average molecular weight is 274 g/mol. The Labute approximate surface area is 122 Å². The Morgan fingerprint density at radius 1 is 1.35 bits per heavy atom. The van der Waals surface area contributed by atoms with Crippen LogP contribution in [-0.4, -0.2) is 17.8 Å². The Kier molecular flexibility index (Phi) is 4.13. The first-order valence-corrected chi connectivity index (χ1v) is 8.16. The summed E-state index contributed by atoms with van der Waals surface area (Å²) >= 11 is 0. The minimum atomic E-state index is -0.683. The van der Waals surface area contributed by atoms with E-state index in [0.29, 0.717) is 6.61 Å². The van der Waals surface area contributed by atoms with Gasteiger partial charge >= 0.3 is 0 Å². The molecule has 0 spiro atoms. The second-order valence-corrected chi connectivity index (χ2v) is 6.52. The molecule has 0 bridgehead atoms. The van der Waals surface area contributed by atoms with Gasteiger partial charge < -0.3 is 9.84 Å². The van der Waals surface area contributed by atoms with E-state index in [9.17, 15) is 5.11 Å². The molecule has 1 heterocycles. The highest BCUT2D eigenvalue weighted by atomic mass is 16.5. The van der Waals surface area contributed by atoms with Crippen molar-refractivity contribution >= 4 is 0 Å². The van der Waals surface area contributed by atoms with Gasteiger partial charge in [0.15, 0.2) is 0 Å². The van der Waals surface area contributed by atoms with E-state index in [0.717, 1.165) is 37.2 Å². The summed E-state index contributed by atoms with van der Waals surface area (Å²) < 4.78 is 5.79. The second-order valence-electron chi connectivity index (χ2n) is 6.52. The zero-order valence-corrected chi connectivity index (χ0v) is 12.5. The van der Waals surface area contributed by atoms with Crippen molar-refractivity contribution in [2.24, 2.45) is 0 Å². The summed E-state index contributed by atoms with van der Waals surface area (Å²) in [7, 11) is 0. The highest BCUT2D eigenvalue weighted by molar-refractivity contribution is 5.31. The Balaban J connectivity index is 1.79. The van der Waals surface area contributed by atoms with Crippen molar-refractivity contribution in [1.82, 2.24) is 0 Å². The first-order valence-electron chi connectivity index (χ1n) is 8.16. The standard InChI is InChI=1S/C18H26O2/c1-2-5-17-13-18(19,10-11-20-17)16-9-4-8-15(12-16)14-6-3-7-14/h4,8-9,12,14,17,19H,2-3,5-7,10-11,13H2,1H3. The van der Waals surface area contributed by atoms with Gasteiger partial charge in [-0.3, -0.25) is 0 Å². The molecule has 1 aliphatic carbocycles. The largest absolute Gasteiger partial charge is 0.385 e. The van der Waals surface area contributed by atoms with Gasteiger partial charge in [-0.1, -0.05) is 44.0 Å². The molecule has 0 radical (unpaired) electrons. The van der Waals surface area contributed by atoms with Crippen LogP contribution in [0.15, 0.2) is 24.3 Å². The lowest BCUT2D eigenvalue weighted by molar-refractivity contribution is -0.110. The van der Waals surface area contributed by atoms with Crippen molar-refractivity contribution in [2.75, 3.05) is 6.61 Å². The van der Waals surface area contributed by atoms with E-state index in [-0.39, 0.29) is 6.10 Å². The molecule has 2 heteroatoms. The molecule has 1 aromatic carbocycles. The van der Waals surface area contributed by atoms with Crippen molar-refractivity contribution < 1.29 is 9.84 Å². The van der Waals surface area contributed by atoms with Crippen LogP contribution in [0.5, 0.6) is 0 Å². The van der Waals surface area contributed by atoms with Gasteiger partial charge in [0.25, 0.3) is 0 Å². The van der Waals surface area contributed by atoms with Gasteiger partial charge in [-0.2, -0.15) is 0 Å². The predicted molar refractivity (Wildman–Crippen MR) is 80.8 cm³/mol. The lowest BCUT2D eigenvalue weighted by atomic mass is 9.77. The van der Waals surface area contributed by atoms with Crippen LogP contribution in [0.1, 0.15) is 68.9 Å². The fraction of sp³-hybridized carbons (Fsp3) is 0.667. The summed E-state index contributed by atoms with van der Waals surface area (Å²) in [5.41, 5.74) is 1.84. The predicted octanol–water partition coefficient (Wildman–Crippen LogP) is 4.12. The monoisotopic (exact) mass is 274 g/mol. The van der Waals surface area contributed by atoms with Crippen LogP contribution in [0.3, 0.4) is 0 Å². The van der Waals surface area contributed by atoms with Gasteiger partial charge in [-0.05, 0) is 36.3 Å². The van der Waals surface area contributed by atoms with E-state index >= 15 is 0 Å². The van der Waals surface area contributed by atoms with Crippen molar-refractivity contribution in [3.63, 3.8) is 0 Å². The van der Waals surface area contributed by atoms with Crippen molar-refractivity contribution in [3.05, 3.63) is 35.4 Å². The third kappa shape index (κ3) is 2.77. The summed E-state index contributed by atoms with van der Waals surface area (Å²) in [6.45, 7) is 2.85. The molecule has 1 aliphatic heterocycles. The lowest BCUT2D eigenvalue weighted by Crippen LogP contribution is -2.38. The quantitative estimate of drug-likeness (QED) is 0.895. The summed E-state index contributed by atoms with van der Waals surface area (Å²) in [5.74, 6) is 0.727. The molecule has 1 N–H and O–H groups in total. The molecule has 2 unspecified atom stereocenters. The Bertz CT molecular complexity index is 450. The molecule has 2 aliphatic rings. The molecule has 110 valence electrons. The Hall–Kier alpha value is -0.860. The van der Waals surface area contributed by atoms with Crippen molar-refractivity contribution in [2.45, 2.75) is 69.5 Å². The normalized spacial score (nSPS) is 31.0. The molecule has 3 rings (SSSR count). The maximum absolute atomic E-state index is 11.1. The summed E-state index contributed by atoms with van der Waals surface area (Å²) in [4.78, 5) is 0. The molecular weight excluding hydrogens is 248 g/mol. The van der Waals surface area contributed by atoms with Crippen LogP contribution in [0.2, 0.25) is 0 Å². The molecule has 1 saturated carbocycles. The fourth-order valence-corrected chi connectivity index (χ4v) is 3.53. The first-order chi connectivity index (χ1) is 9.71. The van der Waals surface area contributed by atoms with E-state index in [1.165, 1.54) is 24.8 Å². The Morgan fingerprint density at radius 2 is 2.20 bits per heavy atom. The number of rotatable bonds is 4. The van der Waals surface area contributed by atoms with Crippen LogP contribution in [0.4, 0.5) is 0 Å². The fourth-order valence-electron chi connectivity index (χ4n) is 3.53.